The predicted molar refractivity (Wildman–Crippen MR) is 71.6 cm³/mol. The minimum absolute atomic E-state index is 0.317. The lowest BCUT2D eigenvalue weighted by Gasteiger charge is -2.21. The number of ether oxygens (including phenoxy) is 2. The van der Waals surface area contributed by atoms with Crippen molar-refractivity contribution in [3.8, 4) is 0 Å². The van der Waals surface area contributed by atoms with Gasteiger partial charge in [-0.1, -0.05) is 17.7 Å². The minimum atomic E-state index is -3.46. The molecule has 1 aromatic rings. The van der Waals surface area contributed by atoms with Crippen molar-refractivity contribution in [2.24, 2.45) is 0 Å². The fourth-order valence-electron chi connectivity index (χ4n) is 1.87. The van der Waals surface area contributed by atoms with Crippen LogP contribution in [0.1, 0.15) is 5.56 Å². The van der Waals surface area contributed by atoms with E-state index in [2.05, 4.69) is 0 Å². The van der Waals surface area contributed by atoms with Crippen LogP contribution < -0.4 is 0 Å². The van der Waals surface area contributed by atoms with Crippen LogP contribution in [0.4, 0.5) is 0 Å². The van der Waals surface area contributed by atoms with E-state index in [0.29, 0.717) is 44.4 Å². The highest BCUT2D eigenvalue weighted by atomic mass is 32.2. The summed E-state index contributed by atoms with van der Waals surface area (Å²) in [7, 11) is -3.46. The van der Waals surface area contributed by atoms with E-state index in [1.54, 1.807) is 24.3 Å². The summed E-state index contributed by atoms with van der Waals surface area (Å²) in [5.41, 5.74) is 1.04. The maximum Gasteiger partial charge on any atom is 0.243 e. The van der Waals surface area contributed by atoms with Crippen LogP contribution in [0.5, 0.6) is 0 Å². The van der Waals surface area contributed by atoms with Crippen molar-refractivity contribution in [3.63, 3.8) is 0 Å². The molecule has 1 saturated heterocycles. The van der Waals surface area contributed by atoms with Crippen molar-refractivity contribution in [1.29, 1.82) is 0 Å². The molecule has 1 aromatic carbocycles. The van der Waals surface area contributed by atoms with Crippen LogP contribution in [0.2, 0.25) is 0 Å². The first-order chi connectivity index (χ1) is 9.10. The Morgan fingerprint density at radius 2 is 1.47 bits per heavy atom. The second-order valence-electron chi connectivity index (χ2n) is 4.44. The van der Waals surface area contributed by atoms with Gasteiger partial charge in [0.15, 0.2) is 0 Å². The summed E-state index contributed by atoms with van der Waals surface area (Å²) in [5.74, 6) is 0. The highest BCUT2D eigenvalue weighted by Gasteiger charge is 2.24. The third-order valence-corrected chi connectivity index (χ3v) is 4.91. The Balaban J connectivity index is 2.18. The topological polar surface area (TPSA) is 55.8 Å². The zero-order valence-electron chi connectivity index (χ0n) is 11.0. The fraction of sp³-hybridized carbons (Fsp3) is 0.538. The van der Waals surface area contributed by atoms with E-state index in [4.69, 9.17) is 9.47 Å². The van der Waals surface area contributed by atoms with Gasteiger partial charge in [0.1, 0.15) is 0 Å². The van der Waals surface area contributed by atoms with Crippen molar-refractivity contribution in [1.82, 2.24) is 4.31 Å². The molecule has 0 atom stereocenters. The van der Waals surface area contributed by atoms with Gasteiger partial charge in [-0.2, -0.15) is 4.31 Å². The van der Waals surface area contributed by atoms with Gasteiger partial charge in [0.2, 0.25) is 10.0 Å². The molecule has 1 heterocycles. The average molecular weight is 285 g/mol. The summed E-state index contributed by atoms with van der Waals surface area (Å²) >= 11 is 0. The lowest BCUT2D eigenvalue weighted by atomic mass is 10.2. The number of hydrogen-bond acceptors (Lipinski definition) is 4. The third kappa shape index (κ3) is 3.76. The normalized spacial score (nSPS) is 19.4. The maximum atomic E-state index is 12.5. The van der Waals surface area contributed by atoms with E-state index in [9.17, 15) is 8.42 Å². The molecule has 0 aromatic heterocycles. The van der Waals surface area contributed by atoms with Crippen LogP contribution >= 0.6 is 0 Å². The second-order valence-corrected chi connectivity index (χ2v) is 6.38. The van der Waals surface area contributed by atoms with E-state index in [1.165, 1.54) is 4.31 Å². The van der Waals surface area contributed by atoms with Gasteiger partial charge in [-0.3, -0.25) is 0 Å². The molecule has 0 aliphatic carbocycles. The molecular formula is C13H19NO4S. The van der Waals surface area contributed by atoms with Crippen molar-refractivity contribution in [2.45, 2.75) is 11.8 Å². The molecular weight excluding hydrogens is 266 g/mol. The van der Waals surface area contributed by atoms with Gasteiger partial charge in [0.05, 0.1) is 31.3 Å². The first kappa shape index (κ1) is 14.5. The van der Waals surface area contributed by atoms with E-state index >= 15 is 0 Å². The standard InChI is InChI=1S/C13H19NO4S/c1-12-2-4-13(5-3-12)19(15,16)14-6-8-17-10-11-18-9-7-14/h2-5H,6-11H2,1H3. The third-order valence-electron chi connectivity index (χ3n) is 3.00. The zero-order chi connectivity index (χ0) is 13.7. The molecule has 0 N–H and O–H groups in total. The van der Waals surface area contributed by atoms with Crippen molar-refractivity contribution in [2.75, 3.05) is 39.5 Å². The molecule has 2 rings (SSSR count). The van der Waals surface area contributed by atoms with Crippen molar-refractivity contribution in [3.05, 3.63) is 29.8 Å². The number of nitrogens with zero attached hydrogens (tertiary/aromatic N) is 1. The van der Waals surface area contributed by atoms with Gasteiger partial charge >= 0.3 is 0 Å². The largest absolute Gasteiger partial charge is 0.378 e. The molecule has 0 saturated carbocycles. The van der Waals surface area contributed by atoms with Gasteiger partial charge in [0, 0.05) is 13.1 Å². The molecule has 1 aliphatic rings. The number of sulfonamides is 1. The highest BCUT2D eigenvalue weighted by Crippen LogP contribution is 2.16. The Morgan fingerprint density at radius 3 is 2.00 bits per heavy atom. The van der Waals surface area contributed by atoms with E-state index in [1.807, 2.05) is 6.92 Å². The van der Waals surface area contributed by atoms with E-state index in [-0.39, 0.29) is 0 Å². The van der Waals surface area contributed by atoms with Gasteiger partial charge in [0.25, 0.3) is 0 Å². The molecule has 19 heavy (non-hydrogen) atoms. The van der Waals surface area contributed by atoms with Gasteiger partial charge in [-0.25, -0.2) is 8.42 Å². The van der Waals surface area contributed by atoms with Crippen LogP contribution in [-0.4, -0.2) is 52.2 Å². The van der Waals surface area contributed by atoms with Crippen LogP contribution in [0.25, 0.3) is 0 Å². The Bertz CT molecular complexity index is 488. The molecule has 6 heteroatoms. The molecule has 0 spiro atoms. The monoisotopic (exact) mass is 285 g/mol. The quantitative estimate of drug-likeness (QED) is 0.814. The molecule has 1 fully saturated rings. The summed E-state index contributed by atoms with van der Waals surface area (Å²) in [6.07, 6.45) is 0. The number of aryl methyl sites for hydroxylation is 1. The number of hydrogen-bond donors (Lipinski definition) is 0. The average Bonchev–Trinajstić information content (AvgIpc) is 2.52. The molecule has 0 unspecified atom stereocenters. The van der Waals surface area contributed by atoms with E-state index in [0.717, 1.165) is 5.56 Å². The number of rotatable bonds is 2. The predicted octanol–water partition coefficient (Wildman–Crippen LogP) is 1.03. The summed E-state index contributed by atoms with van der Waals surface area (Å²) in [4.78, 5) is 0.317. The minimum Gasteiger partial charge on any atom is -0.378 e. The number of benzene rings is 1. The van der Waals surface area contributed by atoms with Crippen LogP contribution in [0.3, 0.4) is 0 Å². The summed E-state index contributed by atoms with van der Waals surface area (Å²) in [5, 5.41) is 0. The van der Waals surface area contributed by atoms with Gasteiger partial charge in [-0.05, 0) is 19.1 Å². The molecule has 0 amide bonds. The lowest BCUT2D eigenvalue weighted by Crippen LogP contribution is -2.36. The van der Waals surface area contributed by atoms with Gasteiger partial charge < -0.3 is 9.47 Å². The fourth-order valence-corrected chi connectivity index (χ4v) is 3.27. The van der Waals surface area contributed by atoms with E-state index < -0.39 is 10.0 Å². The lowest BCUT2D eigenvalue weighted by molar-refractivity contribution is 0.0629. The van der Waals surface area contributed by atoms with Gasteiger partial charge in [-0.15, -0.1) is 0 Å². The Labute approximate surface area is 114 Å². The Kier molecular flexibility index (Phi) is 4.93. The smallest absolute Gasteiger partial charge is 0.243 e. The zero-order valence-corrected chi connectivity index (χ0v) is 11.9. The van der Waals surface area contributed by atoms with Crippen LogP contribution in [0.15, 0.2) is 29.2 Å². The first-order valence-electron chi connectivity index (χ1n) is 6.33. The summed E-state index contributed by atoms with van der Waals surface area (Å²) < 4.78 is 37.0. The molecule has 0 radical (unpaired) electrons. The summed E-state index contributed by atoms with van der Waals surface area (Å²) in [6, 6.07) is 6.88. The SMILES string of the molecule is Cc1ccc(S(=O)(=O)N2CCOCCOCC2)cc1. The van der Waals surface area contributed by atoms with Crippen LogP contribution in [0, 0.1) is 6.92 Å². The van der Waals surface area contributed by atoms with Crippen LogP contribution in [-0.2, 0) is 19.5 Å². The molecule has 106 valence electrons. The summed E-state index contributed by atoms with van der Waals surface area (Å²) in [6.45, 7) is 4.47. The Hall–Kier alpha value is -0.950. The van der Waals surface area contributed by atoms with Crippen molar-refractivity contribution >= 4 is 10.0 Å². The first-order valence-corrected chi connectivity index (χ1v) is 7.77. The molecule has 1 aliphatic heterocycles. The Morgan fingerprint density at radius 1 is 0.947 bits per heavy atom. The molecule has 5 nitrogen and oxygen atoms in total. The second kappa shape index (κ2) is 6.47. The maximum absolute atomic E-state index is 12.5. The highest BCUT2D eigenvalue weighted by molar-refractivity contribution is 7.89. The molecule has 0 bridgehead atoms. The van der Waals surface area contributed by atoms with Crippen molar-refractivity contribution < 1.29 is 17.9 Å².